The molecule has 158 valence electrons. The van der Waals surface area contributed by atoms with Crippen molar-refractivity contribution in [1.29, 1.82) is 0 Å². The molecule has 0 bridgehead atoms. The Morgan fingerprint density at radius 1 is 0.724 bits per heavy atom. The Kier molecular flexibility index (Phi) is 6.10. The summed E-state index contributed by atoms with van der Waals surface area (Å²) in [7, 11) is -7.17. The van der Waals surface area contributed by atoms with Crippen LogP contribution in [0.15, 0.2) is 51.6 Å². The van der Waals surface area contributed by atoms with Crippen molar-refractivity contribution >= 4 is 31.4 Å². The lowest BCUT2D eigenvalue weighted by Gasteiger charge is -2.33. The second kappa shape index (κ2) is 8.44. The maximum Gasteiger partial charge on any atom is 0.243 e. The van der Waals surface area contributed by atoms with Crippen LogP contribution >= 0.6 is 11.3 Å². The van der Waals surface area contributed by atoms with Crippen molar-refractivity contribution < 1.29 is 16.8 Å². The van der Waals surface area contributed by atoms with E-state index in [0.717, 1.165) is 19.4 Å². The zero-order chi connectivity index (χ0) is 20.5. The molecule has 2 aliphatic rings. The molecule has 2 saturated heterocycles. The Morgan fingerprint density at radius 2 is 1.24 bits per heavy atom. The highest BCUT2D eigenvalue weighted by Gasteiger charge is 2.30. The molecule has 0 radical (unpaired) electrons. The third-order valence-electron chi connectivity index (χ3n) is 5.46. The van der Waals surface area contributed by atoms with Crippen LogP contribution < -0.4 is 0 Å². The number of rotatable bonds is 6. The van der Waals surface area contributed by atoms with Gasteiger partial charge >= 0.3 is 0 Å². The lowest BCUT2D eigenvalue weighted by Crippen LogP contribution is -2.48. The van der Waals surface area contributed by atoms with Gasteiger partial charge in [-0.05, 0) is 48.6 Å². The van der Waals surface area contributed by atoms with Crippen LogP contribution in [0.2, 0.25) is 0 Å². The maximum atomic E-state index is 13.0. The molecule has 0 atom stereocenters. The fourth-order valence-corrected chi connectivity index (χ4v) is 7.45. The summed E-state index contributed by atoms with van der Waals surface area (Å²) in [5.74, 6) is 0. The summed E-state index contributed by atoms with van der Waals surface area (Å²) < 4.78 is 54.2. The average molecular weight is 456 g/mol. The van der Waals surface area contributed by atoms with E-state index in [1.165, 1.54) is 37.8 Å². The molecular weight excluding hydrogens is 430 g/mol. The lowest BCUT2D eigenvalue weighted by atomic mass is 10.3. The third-order valence-corrected chi connectivity index (χ3v) is 10.1. The van der Waals surface area contributed by atoms with Crippen LogP contribution in [-0.2, 0) is 26.6 Å². The topological polar surface area (TPSA) is 78.0 Å². The molecule has 0 spiro atoms. The van der Waals surface area contributed by atoms with Crippen LogP contribution in [0.3, 0.4) is 0 Å². The predicted molar refractivity (Wildman–Crippen MR) is 113 cm³/mol. The Hall–Kier alpha value is -1.30. The standard InChI is InChI=1S/C19H25N3O4S3/c23-28(24,21-9-1-2-10-21)18-5-7-19(8-6-18)29(25,26)22-13-11-20(12-14-22)16-17-4-3-15-27-17/h3-8,15H,1-2,9-14,16H2. The molecule has 0 N–H and O–H groups in total. The Morgan fingerprint density at radius 3 is 1.72 bits per heavy atom. The minimum absolute atomic E-state index is 0.143. The Bertz CT molecular complexity index is 1020. The average Bonchev–Trinajstić information content (AvgIpc) is 3.43. The van der Waals surface area contributed by atoms with Crippen LogP contribution in [0.5, 0.6) is 0 Å². The number of benzene rings is 1. The summed E-state index contributed by atoms with van der Waals surface area (Å²) >= 11 is 1.71. The van der Waals surface area contributed by atoms with Gasteiger partial charge in [0.25, 0.3) is 0 Å². The molecule has 29 heavy (non-hydrogen) atoms. The molecule has 7 nitrogen and oxygen atoms in total. The monoisotopic (exact) mass is 455 g/mol. The van der Waals surface area contributed by atoms with E-state index in [0.29, 0.717) is 39.3 Å². The SMILES string of the molecule is O=S(=O)(c1ccc(S(=O)(=O)N2CCN(Cc3cccs3)CC2)cc1)N1CCCC1. The van der Waals surface area contributed by atoms with Crippen molar-refractivity contribution in [2.75, 3.05) is 39.3 Å². The van der Waals surface area contributed by atoms with Crippen LogP contribution in [0.1, 0.15) is 17.7 Å². The summed E-state index contributed by atoms with van der Waals surface area (Å²) in [6.45, 7) is 4.12. The fourth-order valence-electron chi connectivity index (χ4n) is 3.76. The number of piperazine rings is 1. The number of thiophene rings is 1. The molecule has 0 amide bonds. The number of hydrogen-bond donors (Lipinski definition) is 0. The highest BCUT2D eigenvalue weighted by Crippen LogP contribution is 2.24. The molecule has 0 aliphatic carbocycles. The molecule has 1 aromatic heterocycles. The quantitative estimate of drug-likeness (QED) is 0.666. The molecule has 10 heteroatoms. The van der Waals surface area contributed by atoms with Crippen molar-refractivity contribution in [1.82, 2.24) is 13.5 Å². The molecule has 4 rings (SSSR count). The van der Waals surface area contributed by atoms with Gasteiger partial charge in [0.2, 0.25) is 20.0 Å². The van der Waals surface area contributed by atoms with Crippen LogP contribution in [0, 0.1) is 0 Å². The predicted octanol–water partition coefficient (Wildman–Crippen LogP) is 2.04. The number of hydrogen-bond acceptors (Lipinski definition) is 6. The van der Waals surface area contributed by atoms with E-state index in [1.54, 1.807) is 11.3 Å². The normalized spacial score (nSPS) is 20.3. The van der Waals surface area contributed by atoms with Gasteiger partial charge in [0.05, 0.1) is 9.79 Å². The molecule has 2 fully saturated rings. The second-order valence-corrected chi connectivity index (χ2v) is 12.3. The van der Waals surface area contributed by atoms with Crippen LogP contribution in [0.25, 0.3) is 0 Å². The molecule has 0 saturated carbocycles. The van der Waals surface area contributed by atoms with Crippen molar-refractivity contribution in [3.8, 4) is 0 Å². The summed E-state index contributed by atoms with van der Waals surface area (Å²) in [6.07, 6.45) is 1.73. The van der Waals surface area contributed by atoms with Gasteiger partial charge < -0.3 is 0 Å². The lowest BCUT2D eigenvalue weighted by molar-refractivity contribution is 0.183. The van der Waals surface area contributed by atoms with Gasteiger partial charge in [0.15, 0.2) is 0 Å². The van der Waals surface area contributed by atoms with Crippen LogP contribution in [0.4, 0.5) is 0 Å². The first kappa shape index (κ1) is 21.0. The van der Waals surface area contributed by atoms with Gasteiger partial charge in [-0.15, -0.1) is 11.3 Å². The summed E-state index contributed by atoms with van der Waals surface area (Å²) in [4.78, 5) is 3.82. The van der Waals surface area contributed by atoms with Gasteiger partial charge in [-0.25, -0.2) is 16.8 Å². The van der Waals surface area contributed by atoms with Gasteiger partial charge in [-0.3, -0.25) is 4.90 Å². The third kappa shape index (κ3) is 4.42. The highest BCUT2D eigenvalue weighted by molar-refractivity contribution is 7.89. The van der Waals surface area contributed by atoms with Crippen LogP contribution in [-0.4, -0.2) is 69.6 Å². The smallest absolute Gasteiger partial charge is 0.243 e. The number of nitrogens with zero attached hydrogens (tertiary/aromatic N) is 3. The minimum Gasteiger partial charge on any atom is -0.296 e. The number of sulfonamides is 2. The van der Waals surface area contributed by atoms with Gasteiger partial charge in [-0.2, -0.15) is 8.61 Å². The second-order valence-electron chi connectivity index (χ2n) is 7.34. The zero-order valence-electron chi connectivity index (χ0n) is 16.1. The van der Waals surface area contributed by atoms with Gasteiger partial charge in [0, 0.05) is 50.7 Å². The fraction of sp³-hybridized carbons (Fsp3) is 0.474. The highest BCUT2D eigenvalue weighted by atomic mass is 32.2. The van der Waals surface area contributed by atoms with E-state index in [-0.39, 0.29) is 9.79 Å². The van der Waals surface area contributed by atoms with E-state index in [4.69, 9.17) is 0 Å². The molecule has 0 unspecified atom stereocenters. The summed E-state index contributed by atoms with van der Waals surface area (Å²) in [5, 5.41) is 2.05. The molecular formula is C19H25N3O4S3. The van der Waals surface area contributed by atoms with E-state index in [9.17, 15) is 16.8 Å². The summed E-state index contributed by atoms with van der Waals surface area (Å²) in [5.41, 5.74) is 0. The zero-order valence-corrected chi connectivity index (χ0v) is 18.6. The van der Waals surface area contributed by atoms with E-state index in [1.807, 2.05) is 11.4 Å². The first-order valence-electron chi connectivity index (χ1n) is 9.72. The first-order valence-corrected chi connectivity index (χ1v) is 13.5. The van der Waals surface area contributed by atoms with E-state index >= 15 is 0 Å². The maximum absolute atomic E-state index is 13.0. The molecule has 1 aromatic carbocycles. The minimum atomic E-state index is -3.63. The van der Waals surface area contributed by atoms with E-state index < -0.39 is 20.0 Å². The van der Waals surface area contributed by atoms with Crippen molar-refractivity contribution in [3.05, 3.63) is 46.7 Å². The molecule has 2 aliphatic heterocycles. The Balaban J connectivity index is 1.42. The summed E-state index contributed by atoms with van der Waals surface area (Å²) in [6, 6.07) is 9.76. The molecule has 2 aromatic rings. The Labute approximate surface area is 176 Å². The first-order chi connectivity index (χ1) is 13.9. The van der Waals surface area contributed by atoms with Crippen molar-refractivity contribution in [2.24, 2.45) is 0 Å². The van der Waals surface area contributed by atoms with Gasteiger partial charge in [-0.1, -0.05) is 6.07 Å². The van der Waals surface area contributed by atoms with Gasteiger partial charge in [0.1, 0.15) is 0 Å². The van der Waals surface area contributed by atoms with Crippen molar-refractivity contribution in [3.63, 3.8) is 0 Å². The van der Waals surface area contributed by atoms with Crippen molar-refractivity contribution in [2.45, 2.75) is 29.2 Å². The molecule has 3 heterocycles. The van der Waals surface area contributed by atoms with E-state index in [2.05, 4.69) is 11.0 Å². The largest absolute Gasteiger partial charge is 0.296 e.